The molecule has 0 saturated heterocycles. The van der Waals surface area contributed by atoms with Crippen LogP contribution in [0.15, 0.2) is 92.0 Å². The van der Waals surface area contributed by atoms with Crippen molar-refractivity contribution in [3.05, 3.63) is 98.0 Å². The lowest BCUT2D eigenvalue weighted by Crippen LogP contribution is -1.90. The zero-order valence-electron chi connectivity index (χ0n) is 16.0. The van der Waals surface area contributed by atoms with Crippen molar-refractivity contribution in [2.24, 2.45) is 10.1 Å². The van der Waals surface area contributed by atoms with Crippen LogP contribution >= 0.6 is 43.5 Å². The van der Waals surface area contributed by atoms with E-state index >= 15 is 0 Å². The Morgan fingerprint density at radius 3 is 2.45 bits per heavy atom. The molecule has 0 bridgehead atoms. The van der Waals surface area contributed by atoms with E-state index in [9.17, 15) is 5.11 Å². The lowest BCUT2D eigenvalue weighted by molar-refractivity contribution is 0.471. The molecule has 154 valence electrons. The average Bonchev–Trinajstić information content (AvgIpc) is 3.18. The van der Waals surface area contributed by atoms with Gasteiger partial charge in [0.25, 0.3) is 5.95 Å². The molecule has 0 spiro atoms. The molecule has 1 heterocycles. The molecule has 0 atom stereocenters. The molecule has 31 heavy (non-hydrogen) atoms. The van der Waals surface area contributed by atoms with Crippen LogP contribution in [0, 0.1) is 0 Å². The van der Waals surface area contributed by atoms with Gasteiger partial charge in [0.05, 0.1) is 22.6 Å². The number of imidazole rings is 1. The van der Waals surface area contributed by atoms with E-state index in [-0.39, 0.29) is 5.75 Å². The van der Waals surface area contributed by atoms with Crippen LogP contribution in [0.5, 0.6) is 5.75 Å². The van der Waals surface area contributed by atoms with Gasteiger partial charge in [0.15, 0.2) is 0 Å². The summed E-state index contributed by atoms with van der Waals surface area (Å²) in [6, 6.07) is 20.7. The number of phenols is 1. The Balaban J connectivity index is 1.73. The fourth-order valence-electron chi connectivity index (χ4n) is 2.77. The number of aromatic hydroxyl groups is 1. The molecule has 5 nitrogen and oxygen atoms in total. The summed E-state index contributed by atoms with van der Waals surface area (Å²) in [6.45, 7) is 0. The summed E-state index contributed by atoms with van der Waals surface area (Å²) in [5.74, 6) is 0.470. The predicted octanol–water partition coefficient (Wildman–Crippen LogP) is 7.07. The van der Waals surface area contributed by atoms with Crippen molar-refractivity contribution < 1.29 is 5.11 Å². The van der Waals surface area contributed by atoms with Crippen molar-refractivity contribution in [1.82, 2.24) is 9.66 Å². The molecule has 0 fully saturated rings. The quantitative estimate of drug-likeness (QED) is 0.267. The van der Waals surface area contributed by atoms with E-state index in [2.05, 4.69) is 46.9 Å². The molecule has 3 aromatic carbocycles. The van der Waals surface area contributed by atoms with Crippen LogP contribution in [-0.2, 0) is 0 Å². The summed E-state index contributed by atoms with van der Waals surface area (Å²) in [6.07, 6.45) is 5.07. The molecule has 0 saturated carbocycles. The van der Waals surface area contributed by atoms with E-state index < -0.39 is 0 Å². The highest BCUT2D eigenvalue weighted by molar-refractivity contribution is 9.11. The molecule has 1 N–H and O–H groups in total. The van der Waals surface area contributed by atoms with Crippen LogP contribution < -0.4 is 0 Å². The first-order valence-corrected chi connectivity index (χ1v) is 11.1. The Morgan fingerprint density at radius 1 is 0.968 bits per heavy atom. The van der Waals surface area contributed by atoms with Crippen molar-refractivity contribution >= 4 is 61.8 Å². The Morgan fingerprint density at radius 2 is 1.71 bits per heavy atom. The molecule has 1 aromatic heterocycles. The van der Waals surface area contributed by atoms with Gasteiger partial charge < -0.3 is 5.11 Å². The molecule has 0 radical (unpaired) electrons. The third-order valence-electron chi connectivity index (χ3n) is 4.32. The molecule has 4 rings (SSSR count). The molecule has 0 aliphatic carbocycles. The lowest BCUT2D eigenvalue weighted by Gasteiger charge is -2.02. The van der Waals surface area contributed by atoms with Gasteiger partial charge in [-0.3, -0.25) is 0 Å². The number of aromatic nitrogens is 2. The number of benzene rings is 3. The molecule has 0 aliphatic rings. The number of nitrogens with zero attached hydrogens (tertiary/aromatic N) is 4. The second-order valence-electron chi connectivity index (χ2n) is 6.52. The number of hydrogen-bond donors (Lipinski definition) is 1. The summed E-state index contributed by atoms with van der Waals surface area (Å²) >= 11 is 12.7. The highest BCUT2D eigenvalue weighted by Gasteiger charge is 2.10. The summed E-state index contributed by atoms with van der Waals surface area (Å²) in [5.41, 5.74) is 3.12. The molecule has 0 aliphatic heterocycles. The molecule has 0 unspecified atom stereocenters. The number of hydrogen-bond acceptors (Lipinski definition) is 4. The monoisotopic (exact) mass is 556 g/mol. The van der Waals surface area contributed by atoms with Crippen molar-refractivity contribution in [1.29, 1.82) is 0 Å². The fourth-order valence-corrected chi connectivity index (χ4v) is 4.16. The van der Waals surface area contributed by atoms with Gasteiger partial charge >= 0.3 is 0 Å². The third kappa shape index (κ3) is 5.31. The van der Waals surface area contributed by atoms with E-state index in [1.54, 1.807) is 41.4 Å². The summed E-state index contributed by atoms with van der Waals surface area (Å²) in [7, 11) is 0. The van der Waals surface area contributed by atoms with Crippen molar-refractivity contribution in [2.45, 2.75) is 0 Å². The Hall–Kier alpha value is -2.74. The van der Waals surface area contributed by atoms with E-state index in [0.29, 0.717) is 21.0 Å². The Kier molecular flexibility index (Phi) is 6.65. The van der Waals surface area contributed by atoms with Gasteiger partial charge in [-0.1, -0.05) is 70.0 Å². The van der Waals surface area contributed by atoms with Gasteiger partial charge in [-0.25, -0.2) is 14.7 Å². The fraction of sp³-hybridized carbons (Fsp3) is 0. The zero-order chi connectivity index (χ0) is 21.8. The molecular weight excluding hydrogens is 544 g/mol. The van der Waals surface area contributed by atoms with Crippen LogP contribution in [0.1, 0.15) is 11.1 Å². The number of rotatable bonds is 5. The highest BCUT2D eigenvalue weighted by Crippen LogP contribution is 2.31. The highest BCUT2D eigenvalue weighted by atomic mass is 79.9. The summed E-state index contributed by atoms with van der Waals surface area (Å²) < 4.78 is 2.97. The van der Waals surface area contributed by atoms with Crippen LogP contribution in [0.2, 0.25) is 5.02 Å². The summed E-state index contributed by atoms with van der Waals surface area (Å²) in [5, 5.41) is 15.5. The largest absolute Gasteiger partial charge is 0.506 e. The van der Waals surface area contributed by atoms with Gasteiger partial charge in [0.2, 0.25) is 0 Å². The van der Waals surface area contributed by atoms with Crippen molar-refractivity contribution in [3.8, 4) is 17.0 Å². The van der Waals surface area contributed by atoms with Gasteiger partial charge in [-0.15, -0.1) is 0 Å². The van der Waals surface area contributed by atoms with E-state index in [1.165, 1.54) is 0 Å². The minimum Gasteiger partial charge on any atom is -0.506 e. The Bertz CT molecular complexity index is 1270. The van der Waals surface area contributed by atoms with Crippen molar-refractivity contribution in [2.75, 3.05) is 0 Å². The normalized spacial score (nSPS) is 11.6. The van der Waals surface area contributed by atoms with Crippen LogP contribution in [0.3, 0.4) is 0 Å². The van der Waals surface area contributed by atoms with Gasteiger partial charge in [-0.05, 0) is 45.8 Å². The smallest absolute Gasteiger partial charge is 0.251 e. The topological polar surface area (TPSA) is 62.8 Å². The average molecular weight is 559 g/mol. The molecule has 8 heteroatoms. The predicted molar refractivity (Wildman–Crippen MR) is 133 cm³/mol. The zero-order valence-corrected chi connectivity index (χ0v) is 19.9. The number of aliphatic imine (C=N–C) groups is 1. The molecule has 0 amide bonds. The molecular formula is C23H15Br2ClN4O. The van der Waals surface area contributed by atoms with Crippen molar-refractivity contribution in [3.63, 3.8) is 0 Å². The minimum atomic E-state index is 0.0954. The maximum Gasteiger partial charge on any atom is 0.251 e. The van der Waals surface area contributed by atoms with Crippen LogP contribution in [-0.4, -0.2) is 27.2 Å². The third-order valence-corrected chi connectivity index (χ3v) is 5.63. The second kappa shape index (κ2) is 9.60. The SMILES string of the molecule is Oc1c(Br)cc(Br)cc1/C=N\c1nc(-c2ccccc2)cn1/N=C\c1ccc(Cl)cc1. The first-order valence-electron chi connectivity index (χ1n) is 9.16. The number of halogens is 3. The Labute approximate surface area is 201 Å². The molecule has 4 aromatic rings. The first-order chi connectivity index (χ1) is 15.0. The van der Waals surface area contributed by atoms with Gasteiger partial charge in [-0.2, -0.15) is 5.10 Å². The van der Waals surface area contributed by atoms with E-state index in [4.69, 9.17) is 11.6 Å². The maximum atomic E-state index is 10.3. The maximum absolute atomic E-state index is 10.3. The van der Waals surface area contributed by atoms with E-state index in [0.717, 1.165) is 21.3 Å². The first kappa shape index (κ1) is 21.5. The lowest BCUT2D eigenvalue weighted by atomic mass is 10.2. The van der Waals surface area contributed by atoms with Crippen LogP contribution in [0.25, 0.3) is 11.3 Å². The minimum absolute atomic E-state index is 0.0954. The summed E-state index contributed by atoms with van der Waals surface area (Å²) in [4.78, 5) is 9.10. The van der Waals surface area contributed by atoms with Gasteiger partial charge in [0, 0.05) is 26.8 Å². The second-order valence-corrected chi connectivity index (χ2v) is 8.72. The van der Waals surface area contributed by atoms with Crippen LogP contribution in [0.4, 0.5) is 5.95 Å². The van der Waals surface area contributed by atoms with Gasteiger partial charge in [0.1, 0.15) is 5.75 Å². The number of phenolic OH excluding ortho intramolecular Hbond substituents is 1. The standard InChI is InChI=1S/C23H15Br2ClN4O/c24-18-10-17(22(31)20(25)11-18)13-27-23-29-21(16-4-2-1-3-5-16)14-30(23)28-12-15-6-8-19(26)9-7-15/h1-14,31H/b27-13-,28-12-. The van der Waals surface area contributed by atoms with E-state index in [1.807, 2.05) is 48.7 Å².